The fourth-order valence-electron chi connectivity index (χ4n) is 2.88. The summed E-state index contributed by atoms with van der Waals surface area (Å²) in [6.45, 7) is 1.48. The van der Waals surface area contributed by atoms with Crippen molar-refractivity contribution in [1.29, 1.82) is 0 Å². The van der Waals surface area contributed by atoms with E-state index in [4.69, 9.17) is 9.47 Å². The highest BCUT2D eigenvalue weighted by Gasteiger charge is 2.37. The first-order valence-electron chi connectivity index (χ1n) is 7.71. The largest absolute Gasteiger partial charge is 0.486 e. The summed E-state index contributed by atoms with van der Waals surface area (Å²) < 4.78 is 11.0. The second-order valence-corrected chi connectivity index (χ2v) is 6.02. The molecule has 2 heterocycles. The van der Waals surface area contributed by atoms with Crippen LogP contribution in [0.2, 0.25) is 0 Å². The van der Waals surface area contributed by atoms with Crippen molar-refractivity contribution in [1.82, 2.24) is 5.32 Å². The monoisotopic (exact) mass is 302 g/mol. The minimum atomic E-state index is -0.263. The molecule has 0 aromatic heterocycles. The van der Waals surface area contributed by atoms with Gasteiger partial charge in [-0.25, -0.2) is 0 Å². The predicted octanol–water partition coefficient (Wildman–Crippen LogP) is 1.09. The number of benzene rings is 1. The minimum Gasteiger partial charge on any atom is -0.486 e. The van der Waals surface area contributed by atoms with Crippen LogP contribution in [-0.4, -0.2) is 37.6 Å². The number of carbonyl (C=O) groups excluding carboxylic acids is 2. The first-order chi connectivity index (χ1) is 10.7. The Hall–Kier alpha value is -2.24. The summed E-state index contributed by atoms with van der Waals surface area (Å²) in [7, 11) is 0. The van der Waals surface area contributed by atoms with Gasteiger partial charge in [0.2, 0.25) is 11.8 Å². The van der Waals surface area contributed by atoms with E-state index in [1.54, 1.807) is 4.90 Å². The van der Waals surface area contributed by atoms with Crippen molar-refractivity contribution in [3.63, 3.8) is 0 Å². The summed E-state index contributed by atoms with van der Waals surface area (Å²) in [6.07, 6.45) is 2.38. The maximum absolute atomic E-state index is 12.2. The standard InChI is InChI=1S/C16H18N2O4/c19-15-7-10(16(20)17-11-1-2-11)9-18(15)12-3-4-13-14(8-12)22-6-5-21-13/h3-4,8,10-11H,1-2,5-7,9H2,(H,17,20)/t10-/m0/s1. The van der Waals surface area contributed by atoms with E-state index in [9.17, 15) is 9.59 Å². The Kier molecular flexibility index (Phi) is 3.17. The number of nitrogens with one attached hydrogen (secondary N) is 1. The fraction of sp³-hybridized carbons (Fsp3) is 0.500. The second-order valence-electron chi connectivity index (χ2n) is 6.02. The third kappa shape index (κ3) is 2.49. The molecule has 22 heavy (non-hydrogen) atoms. The molecule has 1 aromatic rings. The van der Waals surface area contributed by atoms with Gasteiger partial charge in [0.25, 0.3) is 0 Å². The third-order valence-corrected chi connectivity index (χ3v) is 4.26. The zero-order valence-corrected chi connectivity index (χ0v) is 12.2. The highest BCUT2D eigenvalue weighted by atomic mass is 16.6. The van der Waals surface area contributed by atoms with Crippen LogP contribution in [0.15, 0.2) is 18.2 Å². The number of amides is 2. The molecule has 1 N–H and O–H groups in total. The van der Waals surface area contributed by atoms with E-state index in [1.165, 1.54) is 0 Å². The van der Waals surface area contributed by atoms with E-state index in [2.05, 4.69) is 5.32 Å². The zero-order valence-electron chi connectivity index (χ0n) is 12.2. The number of hydrogen-bond acceptors (Lipinski definition) is 4. The lowest BCUT2D eigenvalue weighted by Gasteiger charge is -2.22. The van der Waals surface area contributed by atoms with Crippen molar-refractivity contribution >= 4 is 17.5 Å². The van der Waals surface area contributed by atoms with Crippen LogP contribution in [-0.2, 0) is 9.59 Å². The van der Waals surface area contributed by atoms with Crippen molar-refractivity contribution in [2.24, 2.45) is 5.92 Å². The smallest absolute Gasteiger partial charge is 0.227 e. The molecule has 0 radical (unpaired) electrons. The molecule has 6 heteroatoms. The van der Waals surface area contributed by atoms with Crippen LogP contribution in [0.25, 0.3) is 0 Å². The molecule has 1 saturated carbocycles. The Morgan fingerprint density at radius 1 is 1.18 bits per heavy atom. The van der Waals surface area contributed by atoms with Gasteiger partial charge in [0.15, 0.2) is 11.5 Å². The highest BCUT2D eigenvalue weighted by molar-refractivity contribution is 6.00. The molecule has 2 fully saturated rings. The number of anilines is 1. The van der Waals surface area contributed by atoms with E-state index in [0.29, 0.717) is 37.3 Å². The molecule has 116 valence electrons. The minimum absolute atomic E-state index is 0.00380. The van der Waals surface area contributed by atoms with Gasteiger partial charge in [-0.1, -0.05) is 0 Å². The number of nitrogens with zero attached hydrogens (tertiary/aromatic N) is 1. The van der Waals surface area contributed by atoms with E-state index in [1.807, 2.05) is 18.2 Å². The van der Waals surface area contributed by atoms with E-state index < -0.39 is 0 Å². The molecule has 4 rings (SSSR count). The first kappa shape index (κ1) is 13.4. The Morgan fingerprint density at radius 3 is 2.73 bits per heavy atom. The van der Waals surface area contributed by atoms with Gasteiger partial charge in [0, 0.05) is 30.8 Å². The van der Waals surface area contributed by atoms with Gasteiger partial charge < -0.3 is 19.7 Å². The van der Waals surface area contributed by atoms with Crippen molar-refractivity contribution in [2.45, 2.75) is 25.3 Å². The van der Waals surface area contributed by atoms with Gasteiger partial charge in [-0.3, -0.25) is 9.59 Å². The molecule has 0 spiro atoms. The molecule has 3 aliphatic rings. The number of hydrogen-bond donors (Lipinski definition) is 1. The number of fused-ring (bicyclic) bond motifs is 1. The lowest BCUT2D eigenvalue weighted by molar-refractivity contribution is -0.126. The third-order valence-electron chi connectivity index (χ3n) is 4.26. The average Bonchev–Trinajstić information content (AvgIpc) is 3.26. The molecule has 1 aromatic carbocycles. The van der Waals surface area contributed by atoms with Crippen molar-refractivity contribution in [3.8, 4) is 11.5 Å². The molecular formula is C16H18N2O4. The van der Waals surface area contributed by atoms with Gasteiger partial charge in [-0.2, -0.15) is 0 Å². The van der Waals surface area contributed by atoms with Crippen LogP contribution < -0.4 is 19.7 Å². The van der Waals surface area contributed by atoms with Crippen LogP contribution in [0.3, 0.4) is 0 Å². The molecule has 1 atom stereocenters. The topological polar surface area (TPSA) is 67.9 Å². The van der Waals surface area contributed by atoms with Crippen molar-refractivity contribution in [3.05, 3.63) is 18.2 Å². The highest BCUT2D eigenvalue weighted by Crippen LogP contribution is 2.36. The molecule has 0 unspecified atom stereocenters. The van der Waals surface area contributed by atoms with E-state index in [0.717, 1.165) is 18.5 Å². The van der Waals surface area contributed by atoms with Gasteiger partial charge in [0.05, 0.1) is 5.92 Å². The molecular weight excluding hydrogens is 284 g/mol. The van der Waals surface area contributed by atoms with Crippen LogP contribution in [0.4, 0.5) is 5.69 Å². The molecule has 1 saturated heterocycles. The summed E-state index contributed by atoms with van der Waals surface area (Å²) in [5, 5.41) is 2.98. The molecule has 6 nitrogen and oxygen atoms in total. The maximum Gasteiger partial charge on any atom is 0.227 e. The summed E-state index contributed by atoms with van der Waals surface area (Å²) >= 11 is 0. The first-order valence-corrected chi connectivity index (χ1v) is 7.71. The summed E-state index contributed by atoms with van der Waals surface area (Å²) in [5.41, 5.74) is 0.760. The van der Waals surface area contributed by atoms with Crippen LogP contribution >= 0.6 is 0 Å². The van der Waals surface area contributed by atoms with Gasteiger partial charge >= 0.3 is 0 Å². The van der Waals surface area contributed by atoms with Gasteiger partial charge in [0.1, 0.15) is 13.2 Å². The lowest BCUT2D eigenvalue weighted by atomic mass is 10.1. The predicted molar refractivity (Wildman–Crippen MR) is 79.1 cm³/mol. The molecule has 1 aliphatic carbocycles. The summed E-state index contributed by atoms with van der Waals surface area (Å²) in [6, 6.07) is 5.79. The summed E-state index contributed by atoms with van der Waals surface area (Å²) in [5.74, 6) is 1.07. The van der Waals surface area contributed by atoms with Crippen molar-refractivity contribution in [2.75, 3.05) is 24.7 Å². The Balaban J connectivity index is 1.50. The Bertz CT molecular complexity index is 627. The van der Waals surface area contributed by atoms with Crippen molar-refractivity contribution < 1.29 is 19.1 Å². The SMILES string of the molecule is O=C(NC1CC1)[C@H]1CC(=O)N(c2ccc3c(c2)OCCO3)C1. The van der Waals surface area contributed by atoms with Crippen LogP contribution in [0, 0.1) is 5.92 Å². The Labute approximate surface area is 128 Å². The quantitative estimate of drug-likeness (QED) is 0.907. The van der Waals surface area contributed by atoms with Crippen LogP contribution in [0.5, 0.6) is 11.5 Å². The number of carbonyl (C=O) groups is 2. The normalized spacial score (nSPS) is 23.5. The molecule has 2 aliphatic heterocycles. The number of ether oxygens (including phenoxy) is 2. The van der Waals surface area contributed by atoms with Gasteiger partial charge in [-0.15, -0.1) is 0 Å². The lowest BCUT2D eigenvalue weighted by Crippen LogP contribution is -2.34. The van der Waals surface area contributed by atoms with E-state index >= 15 is 0 Å². The van der Waals surface area contributed by atoms with Gasteiger partial charge in [-0.05, 0) is 25.0 Å². The number of rotatable bonds is 3. The molecule has 2 amide bonds. The summed E-state index contributed by atoms with van der Waals surface area (Å²) in [4.78, 5) is 26.0. The fourth-order valence-corrected chi connectivity index (χ4v) is 2.88. The Morgan fingerprint density at radius 2 is 1.95 bits per heavy atom. The zero-order chi connectivity index (χ0) is 15.1. The maximum atomic E-state index is 12.2. The van der Waals surface area contributed by atoms with Crippen LogP contribution in [0.1, 0.15) is 19.3 Å². The second kappa shape index (κ2) is 5.19. The molecule has 0 bridgehead atoms. The average molecular weight is 302 g/mol. The van der Waals surface area contributed by atoms with E-state index in [-0.39, 0.29) is 24.2 Å².